The topological polar surface area (TPSA) is 54.0 Å². The maximum absolute atomic E-state index is 9.87. The van der Waals surface area contributed by atoms with E-state index in [2.05, 4.69) is 24.3 Å². The van der Waals surface area contributed by atoms with Gasteiger partial charge in [0.2, 0.25) is 6.79 Å². The Hall–Kier alpha value is -1.46. The number of unbranched alkanes of at least 4 members (excludes halogenated alkanes) is 1. The normalized spacial score (nSPS) is 13.2. The molecule has 0 spiro atoms. The highest BCUT2D eigenvalue weighted by Gasteiger charge is 2.16. The van der Waals surface area contributed by atoms with Crippen molar-refractivity contribution in [1.29, 1.82) is 0 Å². The predicted molar refractivity (Wildman–Crippen MR) is 73.7 cm³/mol. The second-order valence-electron chi connectivity index (χ2n) is 5.02. The van der Waals surface area contributed by atoms with Gasteiger partial charge in [0.05, 0.1) is 0 Å². The van der Waals surface area contributed by atoms with E-state index in [4.69, 9.17) is 9.47 Å². The van der Waals surface area contributed by atoms with Gasteiger partial charge in [-0.1, -0.05) is 0 Å². The van der Waals surface area contributed by atoms with Crippen molar-refractivity contribution in [3.05, 3.63) is 17.7 Å². The number of phenolic OH excluding ortho intramolecular Hbond substituents is 1. The molecule has 5 heteroatoms. The fraction of sp³-hybridized carbons (Fsp3) is 0.571. The number of ether oxygens (including phenoxy) is 2. The van der Waals surface area contributed by atoms with Gasteiger partial charge in [0, 0.05) is 18.2 Å². The third kappa shape index (κ3) is 4.01. The molecule has 0 radical (unpaired) electrons. The van der Waals surface area contributed by atoms with E-state index in [0.29, 0.717) is 18.0 Å². The molecule has 0 saturated heterocycles. The Bertz CT molecular complexity index is 421. The molecule has 0 aliphatic carbocycles. The van der Waals surface area contributed by atoms with Crippen LogP contribution in [0.1, 0.15) is 18.4 Å². The van der Waals surface area contributed by atoms with Crippen LogP contribution in [-0.4, -0.2) is 44.0 Å². The zero-order valence-electron chi connectivity index (χ0n) is 11.6. The molecular formula is C14H22N2O3. The lowest BCUT2D eigenvalue weighted by Crippen LogP contribution is -2.18. The first-order valence-corrected chi connectivity index (χ1v) is 6.64. The van der Waals surface area contributed by atoms with Gasteiger partial charge in [0.25, 0.3) is 0 Å². The SMILES string of the molecule is CN(C)CCCCNCc1cc2c(cc1O)OCO2. The van der Waals surface area contributed by atoms with Crippen molar-refractivity contribution in [2.75, 3.05) is 34.0 Å². The van der Waals surface area contributed by atoms with E-state index < -0.39 is 0 Å². The minimum atomic E-state index is 0.232. The summed E-state index contributed by atoms with van der Waals surface area (Å²) in [5, 5.41) is 13.2. The highest BCUT2D eigenvalue weighted by atomic mass is 16.7. The van der Waals surface area contributed by atoms with Crippen molar-refractivity contribution in [2.45, 2.75) is 19.4 Å². The van der Waals surface area contributed by atoms with E-state index in [0.717, 1.165) is 25.1 Å². The molecule has 1 aromatic carbocycles. The van der Waals surface area contributed by atoms with Crippen LogP contribution in [0.5, 0.6) is 17.2 Å². The van der Waals surface area contributed by atoms with Crippen LogP contribution in [0.4, 0.5) is 0 Å². The smallest absolute Gasteiger partial charge is 0.231 e. The highest BCUT2D eigenvalue weighted by molar-refractivity contribution is 5.51. The molecule has 2 N–H and O–H groups in total. The number of hydrogen-bond donors (Lipinski definition) is 2. The minimum absolute atomic E-state index is 0.232. The van der Waals surface area contributed by atoms with Gasteiger partial charge in [-0.2, -0.15) is 0 Å². The lowest BCUT2D eigenvalue weighted by molar-refractivity contribution is 0.174. The molecule has 0 aromatic heterocycles. The summed E-state index contributed by atoms with van der Waals surface area (Å²) in [5.74, 6) is 1.58. The molecule has 1 aliphatic rings. The molecule has 5 nitrogen and oxygen atoms in total. The van der Waals surface area contributed by atoms with Crippen LogP contribution in [0.2, 0.25) is 0 Å². The molecular weight excluding hydrogens is 244 g/mol. The number of rotatable bonds is 7. The Morgan fingerprint density at radius 1 is 1.21 bits per heavy atom. The summed E-state index contributed by atoms with van der Waals surface area (Å²) in [4.78, 5) is 2.18. The van der Waals surface area contributed by atoms with Crippen LogP contribution in [0.25, 0.3) is 0 Å². The van der Waals surface area contributed by atoms with Crippen molar-refractivity contribution in [3.63, 3.8) is 0 Å². The van der Waals surface area contributed by atoms with Crippen molar-refractivity contribution in [1.82, 2.24) is 10.2 Å². The fourth-order valence-corrected chi connectivity index (χ4v) is 2.02. The minimum Gasteiger partial charge on any atom is -0.507 e. The quantitative estimate of drug-likeness (QED) is 0.733. The molecule has 1 aliphatic heterocycles. The number of aromatic hydroxyl groups is 1. The van der Waals surface area contributed by atoms with E-state index in [1.807, 2.05) is 6.07 Å². The molecule has 0 amide bonds. The monoisotopic (exact) mass is 266 g/mol. The zero-order valence-corrected chi connectivity index (χ0v) is 11.6. The first kappa shape index (κ1) is 14.0. The van der Waals surface area contributed by atoms with Crippen LogP contribution in [0, 0.1) is 0 Å². The van der Waals surface area contributed by atoms with E-state index in [9.17, 15) is 5.11 Å². The number of hydrogen-bond acceptors (Lipinski definition) is 5. The summed E-state index contributed by atoms with van der Waals surface area (Å²) in [6.07, 6.45) is 2.30. The Labute approximate surface area is 114 Å². The van der Waals surface area contributed by atoms with Gasteiger partial charge in [-0.05, 0) is 46.1 Å². The van der Waals surface area contributed by atoms with Gasteiger partial charge in [-0.25, -0.2) is 0 Å². The number of fused-ring (bicyclic) bond motifs is 1. The molecule has 19 heavy (non-hydrogen) atoms. The highest BCUT2D eigenvalue weighted by Crippen LogP contribution is 2.37. The van der Waals surface area contributed by atoms with Crippen LogP contribution in [0.15, 0.2) is 12.1 Å². The molecule has 0 unspecified atom stereocenters. The van der Waals surface area contributed by atoms with Crippen LogP contribution in [0.3, 0.4) is 0 Å². The predicted octanol–water partition coefficient (Wildman–Crippen LogP) is 1.55. The summed E-state index contributed by atoms with van der Waals surface area (Å²) in [6.45, 7) is 2.93. The van der Waals surface area contributed by atoms with Gasteiger partial charge in [0.1, 0.15) is 5.75 Å². The standard InChI is InChI=1S/C14H22N2O3/c1-16(2)6-4-3-5-15-9-11-7-13-14(8-12(11)17)19-10-18-13/h7-8,15,17H,3-6,9-10H2,1-2H3. The summed E-state index contributed by atoms with van der Waals surface area (Å²) in [5.41, 5.74) is 0.844. The maximum atomic E-state index is 9.87. The van der Waals surface area contributed by atoms with Crippen molar-refractivity contribution in [3.8, 4) is 17.2 Å². The van der Waals surface area contributed by atoms with Crippen LogP contribution >= 0.6 is 0 Å². The third-order valence-electron chi connectivity index (χ3n) is 3.10. The Kier molecular flexibility index (Phi) is 4.87. The number of benzene rings is 1. The Morgan fingerprint density at radius 3 is 2.68 bits per heavy atom. The molecule has 106 valence electrons. The van der Waals surface area contributed by atoms with Crippen molar-refractivity contribution in [2.24, 2.45) is 0 Å². The summed E-state index contributed by atoms with van der Waals surface area (Å²) in [6, 6.07) is 3.45. The van der Waals surface area contributed by atoms with Gasteiger partial charge >= 0.3 is 0 Å². The first-order chi connectivity index (χ1) is 9.16. The fourth-order valence-electron chi connectivity index (χ4n) is 2.02. The number of nitrogens with one attached hydrogen (secondary N) is 1. The third-order valence-corrected chi connectivity index (χ3v) is 3.10. The first-order valence-electron chi connectivity index (χ1n) is 6.64. The molecule has 0 atom stereocenters. The molecule has 0 fully saturated rings. The lowest BCUT2D eigenvalue weighted by Gasteiger charge is -2.10. The Balaban J connectivity index is 1.74. The second kappa shape index (κ2) is 6.63. The number of phenols is 1. The molecule has 1 heterocycles. The van der Waals surface area contributed by atoms with Crippen LogP contribution < -0.4 is 14.8 Å². The van der Waals surface area contributed by atoms with Crippen molar-refractivity contribution < 1.29 is 14.6 Å². The van der Waals surface area contributed by atoms with E-state index >= 15 is 0 Å². The molecule has 0 saturated carbocycles. The molecule has 0 bridgehead atoms. The maximum Gasteiger partial charge on any atom is 0.231 e. The molecule has 2 rings (SSSR count). The average Bonchev–Trinajstić information content (AvgIpc) is 2.80. The second-order valence-corrected chi connectivity index (χ2v) is 5.02. The zero-order chi connectivity index (χ0) is 13.7. The largest absolute Gasteiger partial charge is 0.507 e. The van der Waals surface area contributed by atoms with Crippen molar-refractivity contribution >= 4 is 0 Å². The summed E-state index contributed by atoms with van der Waals surface area (Å²) in [7, 11) is 4.16. The average molecular weight is 266 g/mol. The Morgan fingerprint density at radius 2 is 1.95 bits per heavy atom. The van der Waals surface area contributed by atoms with Gasteiger partial charge < -0.3 is 24.8 Å². The van der Waals surface area contributed by atoms with E-state index in [-0.39, 0.29) is 12.5 Å². The van der Waals surface area contributed by atoms with E-state index in [1.54, 1.807) is 6.07 Å². The van der Waals surface area contributed by atoms with Crippen LogP contribution in [-0.2, 0) is 6.54 Å². The summed E-state index contributed by atoms with van der Waals surface area (Å²) < 4.78 is 10.5. The van der Waals surface area contributed by atoms with Gasteiger partial charge in [-0.3, -0.25) is 0 Å². The number of nitrogens with zero attached hydrogens (tertiary/aromatic N) is 1. The van der Waals surface area contributed by atoms with E-state index in [1.165, 1.54) is 6.42 Å². The lowest BCUT2D eigenvalue weighted by atomic mass is 10.1. The van der Waals surface area contributed by atoms with Gasteiger partial charge in [-0.15, -0.1) is 0 Å². The van der Waals surface area contributed by atoms with Gasteiger partial charge in [0.15, 0.2) is 11.5 Å². The summed E-state index contributed by atoms with van der Waals surface area (Å²) >= 11 is 0. The molecule has 1 aromatic rings.